The van der Waals surface area contributed by atoms with Crippen LogP contribution in [0.2, 0.25) is 0 Å². The van der Waals surface area contributed by atoms with Gasteiger partial charge in [0.05, 0.1) is 11.8 Å². The fourth-order valence-corrected chi connectivity index (χ4v) is 3.64. The van der Waals surface area contributed by atoms with Crippen molar-refractivity contribution in [3.63, 3.8) is 0 Å². The molecule has 0 aliphatic heterocycles. The van der Waals surface area contributed by atoms with Gasteiger partial charge in [0.1, 0.15) is 10.9 Å². The van der Waals surface area contributed by atoms with Gasteiger partial charge in [-0.3, -0.25) is 0 Å². The number of hydrogen-bond donors (Lipinski definition) is 0. The number of rotatable bonds is 3. The molecule has 0 aromatic carbocycles. The van der Waals surface area contributed by atoms with E-state index in [9.17, 15) is 5.26 Å². The maximum atomic E-state index is 9.19. The van der Waals surface area contributed by atoms with Crippen LogP contribution in [0.4, 0.5) is 0 Å². The summed E-state index contributed by atoms with van der Waals surface area (Å²) in [6.45, 7) is 4.19. The van der Waals surface area contributed by atoms with E-state index in [4.69, 9.17) is 4.98 Å². The Morgan fingerprint density at radius 1 is 1.35 bits per heavy atom. The van der Waals surface area contributed by atoms with E-state index < -0.39 is 0 Å². The van der Waals surface area contributed by atoms with E-state index in [1.165, 1.54) is 37.8 Å². The fourth-order valence-electron chi connectivity index (χ4n) is 2.52. The molecule has 0 bridgehead atoms. The Kier molecular flexibility index (Phi) is 4.17. The summed E-state index contributed by atoms with van der Waals surface area (Å²) in [7, 11) is 0. The van der Waals surface area contributed by atoms with E-state index in [1.54, 1.807) is 11.3 Å². The molecular weight excluding hydrogens is 228 g/mol. The summed E-state index contributed by atoms with van der Waals surface area (Å²) in [5.74, 6) is 0.975. The molecular formula is C14H20N2S. The highest BCUT2D eigenvalue weighted by Crippen LogP contribution is 2.35. The first-order valence-corrected chi connectivity index (χ1v) is 7.45. The van der Waals surface area contributed by atoms with Gasteiger partial charge in [0.15, 0.2) is 0 Å². The SMILES string of the molecule is CC(C)C(C#N)c1nc(C2CCCCC2)cs1. The molecule has 1 fully saturated rings. The van der Waals surface area contributed by atoms with Crippen LogP contribution in [0.15, 0.2) is 5.38 Å². The van der Waals surface area contributed by atoms with Crippen molar-refractivity contribution in [2.24, 2.45) is 5.92 Å². The molecule has 0 saturated heterocycles. The Bertz CT molecular complexity index is 397. The van der Waals surface area contributed by atoms with Crippen LogP contribution in [-0.2, 0) is 0 Å². The van der Waals surface area contributed by atoms with Gasteiger partial charge in [-0.2, -0.15) is 5.26 Å². The lowest BCUT2D eigenvalue weighted by Gasteiger charge is -2.19. The second-order valence-electron chi connectivity index (χ2n) is 5.30. The lowest BCUT2D eigenvalue weighted by Crippen LogP contribution is -2.07. The van der Waals surface area contributed by atoms with Crippen molar-refractivity contribution in [2.45, 2.75) is 57.8 Å². The van der Waals surface area contributed by atoms with Gasteiger partial charge >= 0.3 is 0 Å². The van der Waals surface area contributed by atoms with Gasteiger partial charge in [0.25, 0.3) is 0 Å². The minimum Gasteiger partial charge on any atom is -0.245 e. The quantitative estimate of drug-likeness (QED) is 0.792. The van der Waals surface area contributed by atoms with Crippen LogP contribution in [0.25, 0.3) is 0 Å². The van der Waals surface area contributed by atoms with Crippen LogP contribution in [-0.4, -0.2) is 4.98 Å². The zero-order chi connectivity index (χ0) is 12.3. The van der Waals surface area contributed by atoms with Gasteiger partial charge in [-0.1, -0.05) is 33.1 Å². The molecule has 1 aliphatic carbocycles. The van der Waals surface area contributed by atoms with Crippen molar-refractivity contribution < 1.29 is 0 Å². The summed E-state index contributed by atoms with van der Waals surface area (Å²) in [6, 6.07) is 2.38. The summed E-state index contributed by atoms with van der Waals surface area (Å²) in [4.78, 5) is 4.72. The van der Waals surface area contributed by atoms with Crippen LogP contribution in [0.3, 0.4) is 0 Å². The molecule has 17 heavy (non-hydrogen) atoms. The summed E-state index contributed by atoms with van der Waals surface area (Å²) in [5, 5.41) is 12.4. The van der Waals surface area contributed by atoms with E-state index in [1.807, 2.05) is 0 Å². The zero-order valence-electron chi connectivity index (χ0n) is 10.6. The molecule has 1 atom stereocenters. The maximum Gasteiger partial charge on any atom is 0.110 e. The molecule has 0 spiro atoms. The van der Waals surface area contributed by atoms with Gasteiger partial charge in [-0.15, -0.1) is 11.3 Å². The second-order valence-corrected chi connectivity index (χ2v) is 6.19. The molecule has 3 heteroatoms. The summed E-state index contributed by atoms with van der Waals surface area (Å²) in [6.07, 6.45) is 6.61. The molecule has 1 saturated carbocycles. The van der Waals surface area contributed by atoms with Crippen molar-refractivity contribution in [3.8, 4) is 6.07 Å². The number of nitrogens with zero attached hydrogens (tertiary/aromatic N) is 2. The minimum absolute atomic E-state index is 0.0302. The Morgan fingerprint density at radius 2 is 2.06 bits per heavy atom. The normalized spacial score (nSPS) is 19.2. The van der Waals surface area contributed by atoms with Crippen molar-refractivity contribution in [2.75, 3.05) is 0 Å². The van der Waals surface area contributed by atoms with E-state index in [2.05, 4.69) is 25.3 Å². The van der Waals surface area contributed by atoms with Gasteiger partial charge in [0.2, 0.25) is 0 Å². The largest absolute Gasteiger partial charge is 0.245 e. The van der Waals surface area contributed by atoms with E-state index in [0.717, 1.165) is 5.01 Å². The van der Waals surface area contributed by atoms with Gasteiger partial charge < -0.3 is 0 Å². The van der Waals surface area contributed by atoms with E-state index in [-0.39, 0.29) is 5.92 Å². The maximum absolute atomic E-state index is 9.19. The predicted molar refractivity (Wildman–Crippen MR) is 71.1 cm³/mol. The monoisotopic (exact) mass is 248 g/mol. The molecule has 0 N–H and O–H groups in total. The standard InChI is InChI=1S/C14H20N2S/c1-10(2)12(8-15)14-16-13(9-17-14)11-6-4-3-5-7-11/h9-12H,3-7H2,1-2H3. The third kappa shape index (κ3) is 2.87. The average Bonchev–Trinajstić information content (AvgIpc) is 2.80. The van der Waals surface area contributed by atoms with Crippen LogP contribution in [0.1, 0.15) is 68.5 Å². The molecule has 1 aromatic heterocycles. The summed E-state index contributed by atoms with van der Waals surface area (Å²) in [5.41, 5.74) is 1.24. The van der Waals surface area contributed by atoms with Gasteiger partial charge in [0, 0.05) is 11.3 Å². The zero-order valence-corrected chi connectivity index (χ0v) is 11.5. The lowest BCUT2D eigenvalue weighted by atomic mass is 9.87. The summed E-state index contributed by atoms with van der Waals surface area (Å²) < 4.78 is 0. The lowest BCUT2D eigenvalue weighted by molar-refractivity contribution is 0.436. The Hall–Kier alpha value is -0.880. The van der Waals surface area contributed by atoms with Crippen LogP contribution < -0.4 is 0 Å². The number of hydrogen-bond acceptors (Lipinski definition) is 3. The van der Waals surface area contributed by atoms with E-state index >= 15 is 0 Å². The van der Waals surface area contributed by atoms with E-state index in [0.29, 0.717) is 11.8 Å². The van der Waals surface area contributed by atoms with Gasteiger partial charge in [-0.25, -0.2) is 4.98 Å². The van der Waals surface area contributed by atoms with Crippen LogP contribution in [0.5, 0.6) is 0 Å². The molecule has 1 unspecified atom stereocenters. The highest BCUT2D eigenvalue weighted by Gasteiger charge is 2.22. The Balaban J connectivity index is 2.12. The predicted octanol–water partition coefficient (Wildman–Crippen LogP) is 4.45. The Morgan fingerprint density at radius 3 is 2.65 bits per heavy atom. The minimum atomic E-state index is -0.0302. The molecule has 2 nitrogen and oxygen atoms in total. The molecule has 92 valence electrons. The third-order valence-corrected chi connectivity index (χ3v) is 4.58. The molecule has 0 amide bonds. The fraction of sp³-hybridized carbons (Fsp3) is 0.714. The molecule has 1 heterocycles. The average molecular weight is 248 g/mol. The first-order valence-electron chi connectivity index (χ1n) is 6.57. The summed E-state index contributed by atoms with van der Waals surface area (Å²) >= 11 is 1.67. The Labute approximate surface area is 108 Å². The topological polar surface area (TPSA) is 36.7 Å². The van der Waals surface area contributed by atoms with Crippen molar-refractivity contribution in [1.82, 2.24) is 4.98 Å². The molecule has 1 aromatic rings. The van der Waals surface area contributed by atoms with Crippen LogP contribution in [0, 0.1) is 17.2 Å². The highest BCUT2D eigenvalue weighted by atomic mass is 32.1. The third-order valence-electron chi connectivity index (χ3n) is 3.63. The second kappa shape index (κ2) is 5.64. The smallest absolute Gasteiger partial charge is 0.110 e. The van der Waals surface area contributed by atoms with Crippen molar-refractivity contribution in [3.05, 3.63) is 16.1 Å². The first-order chi connectivity index (χ1) is 8.22. The van der Waals surface area contributed by atoms with Crippen LogP contribution >= 0.6 is 11.3 Å². The van der Waals surface area contributed by atoms with Gasteiger partial charge in [-0.05, 0) is 18.8 Å². The molecule has 0 radical (unpaired) electrons. The van der Waals surface area contributed by atoms with Crippen molar-refractivity contribution in [1.29, 1.82) is 5.26 Å². The number of nitriles is 1. The molecule has 2 rings (SSSR count). The highest BCUT2D eigenvalue weighted by molar-refractivity contribution is 7.09. The first kappa shape index (κ1) is 12.6. The molecule has 1 aliphatic rings. The number of aromatic nitrogens is 1. The van der Waals surface area contributed by atoms with Crippen molar-refractivity contribution >= 4 is 11.3 Å². The number of thiazole rings is 1.